The Morgan fingerprint density at radius 2 is 1.75 bits per heavy atom. The van der Waals surface area contributed by atoms with E-state index in [2.05, 4.69) is 5.32 Å². The minimum absolute atomic E-state index is 0.0291. The Labute approximate surface area is 122 Å². The molecule has 0 aromatic rings. The van der Waals surface area contributed by atoms with E-state index in [4.69, 9.17) is 0 Å². The van der Waals surface area contributed by atoms with E-state index in [1.807, 2.05) is 46.7 Å². The van der Waals surface area contributed by atoms with Crippen molar-refractivity contribution in [3.63, 3.8) is 0 Å². The molecule has 0 aromatic carbocycles. The zero-order valence-electron chi connectivity index (χ0n) is 13.5. The molecule has 0 saturated carbocycles. The van der Waals surface area contributed by atoms with Crippen LogP contribution in [0, 0.1) is 5.92 Å². The molecule has 0 radical (unpaired) electrons. The van der Waals surface area contributed by atoms with Gasteiger partial charge in [0.15, 0.2) is 0 Å². The Bertz CT molecular complexity index is 321. The third kappa shape index (κ3) is 5.77. The van der Waals surface area contributed by atoms with Gasteiger partial charge in [-0.1, -0.05) is 20.3 Å². The number of likely N-dealkylation sites (N-methyl/N-ethyl adjacent to an activating group) is 2. The summed E-state index contributed by atoms with van der Waals surface area (Å²) in [7, 11) is 3.89. The van der Waals surface area contributed by atoms with Gasteiger partial charge in [-0.25, -0.2) is 9.59 Å². The van der Waals surface area contributed by atoms with Crippen molar-refractivity contribution in [2.45, 2.75) is 46.2 Å². The van der Waals surface area contributed by atoms with Gasteiger partial charge in [0, 0.05) is 19.1 Å². The first-order chi connectivity index (χ1) is 9.24. The van der Waals surface area contributed by atoms with Gasteiger partial charge in [0.05, 0.1) is 0 Å². The molecule has 20 heavy (non-hydrogen) atoms. The van der Waals surface area contributed by atoms with E-state index in [1.54, 1.807) is 4.90 Å². The molecular weight excluding hydrogens is 258 g/mol. The average Bonchev–Trinajstić information content (AvgIpc) is 2.34. The summed E-state index contributed by atoms with van der Waals surface area (Å²) in [5, 5.41) is 11.9. The SMILES string of the molecule is CCC(C)C(NC(=O)N(CC)C(C)CN(C)C)C(=O)O. The number of hydrogen-bond acceptors (Lipinski definition) is 3. The van der Waals surface area contributed by atoms with Crippen LogP contribution in [-0.2, 0) is 4.79 Å². The number of rotatable bonds is 8. The number of carbonyl (C=O) groups excluding carboxylic acids is 1. The van der Waals surface area contributed by atoms with Gasteiger partial charge in [0.25, 0.3) is 0 Å². The molecule has 2 amide bonds. The van der Waals surface area contributed by atoms with Crippen molar-refractivity contribution in [3.8, 4) is 0 Å². The first-order valence-corrected chi connectivity index (χ1v) is 7.19. The van der Waals surface area contributed by atoms with Gasteiger partial charge in [0.2, 0.25) is 0 Å². The van der Waals surface area contributed by atoms with Crippen molar-refractivity contribution in [3.05, 3.63) is 0 Å². The molecule has 2 N–H and O–H groups in total. The van der Waals surface area contributed by atoms with Crippen LogP contribution in [0.25, 0.3) is 0 Å². The van der Waals surface area contributed by atoms with Crippen LogP contribution in [0.1, 0.15) is 34.1 Å². The first-order valence-electron chi connectivity index (χ1n) is 7.19. The van der Waals surface area contributed by atoms with Crippen LogP contribution < -0.4 is 5.32 Å². The van der Waals surface area contributed by atoms with Gasteiger partial charge in [-0.15, -0.1) is 0 Å². The lowest BCUT2D eigenvalue weighted by atomic mass is 9.99. The third-order valence-corrected chi connectivity index (χ3v) is 3.52. The summed E-state index contributed by atoms with van der Waals surface area (Å²) in [6.07, 6.45) is 0.705. The Balaban J connectivity index is 4.79. The molecule has 0 aliphatic rings. The first kappa shape index (κ1) is 18.7. The molecule has 0 spiro atoms. The number of amides is 2. The quantitative estimate of drug-likeness (QED) is 0.709. The van der Waals surface area contributed by atoms with Crippen molar-refractivity contribution >= 4 is 12.0 Å². The fourth-order valence-corrected chi connectivity index (χ4v) is 2.18. The second-order valence-electron chi connectivity index (χ2n) is 5.55. The van der Waals surface area contributed by atoms with Crippen molar-refractivity contribution in [1.29, 1.82) is 0 Å². The summed E-state index contributed by atoms with van der Waals surface area (Å²) < 4.78 is 0. The van der Waals surface area contributed by atoms with Gasteiger partial charge in [-0.05, 0) is 33.9 Å². The van der Waals surface area contributed by atoms with Gasteiger partial charge in [-0.2, -0.15) is 0 Å². The van der Waals surface area contributed by atoms with E-state index in [0.717, 1.165) is 6.54 Å². The highest BCUT2D eigenvalue weighted by Crippen LogP contribution is 2.09. The van der Waals surface area contributed by atoms with E-state index >= 15 is 0 Å². The molecule has 0 fully saturated rings. The van der Waals surface area contributed by atoms with Crippen molar-refractivity contribution < 1.29 is 14.7 Å². The average molecular weight is 287 g/mol. The van der Waals surface area contributed by atoms with Crippen LogP contribution in [0.2, 0.25) is 0 Å². The topological polar surface area (TPSA) is 72.9 Å². The molecule has 0 bridgehead atoms. The molecule has 0 aliphatic heterocycles. The van der Waals surface area contributed by atoms with E-state index < -0.39 is 12.0 Å². The van der Waals surface area contributed by atoms with Crippen LogP contribution >= 0.6 is 0 Å². The number of carboxylic acids is 1. The number of nitrogens with zero attached hydrogens (tertiary/aromatic N) is 2. The fraction of sp³-hybridized carbons (Fsp3) is 0.857. The summed E-state index contributed by atoms with van der Waals surface area (Å²) in [5.41, 5.74) is 0. The van der Waals surface area contributed by atoms with Crippen LogP contribution in [0.3, 0.4) is 0 Å². The van der Waals surface area contributed by atoms with Gasteiger partial charge < -0.3 is 20.2 Å². The summed E-state index contributed by atoms with van der Waals surface area (Å²) in [6.45, 7) is 8.89. The highest BCUT2D eigenvalue weighted by atomic mass is 16.4. The fourth-order valence-electron chi connectivity index (χ4n) is 2.18. The molecule has 0 rings (SSSR count). The molecule has 0 aromatic heterocycles. The lowest BCUT2D eigenvalue weighted by Crippen LogP contribution is -2.54. The monoisotopic (exact) mass is 287 g/mol. The number of urea groups is 1. The molecule has 3 atom stereocenters. The third-order valence-electron chi connectivity index (χ3n) is 3.52. The lowest BCUT2D eigenvalue weighted by Gasteiger charge is -2.32. The molecule has 6 nitrogen and oxygen atoms in total. The number of hydrogen-bond donors (Lipinski definition) is 2. The van der Waals surface area contributed by atoms with Crippen LogP contribution in [-0.4, -0.2) is 66.2 Å². The van der Waals surface area contributed by atoms with Gasteiger partial charge >= 0.3 is 12.0 Å². The Hall–Kier alpha value is -1.30. The molecule has 0 heterocycles. The largest absolute Gasteiger partial charge is 0.480 e. The summed E-state index contributed by atoms with van der Waals surface area (Å²) >= 11 is 0. The Morgan fingerprint density at radius 3 is 2.10 bits per heavy atom. The number of carbonyl (C=O) groups is 2. The zero-order valence-corrected chi connectivity index (χ0v) is 13.5. The van der Waals surface area contributed by atoms with Crippen molar-refractivity contribution in [2.24, 2.45) is 5.92 Å². The van der Waals surface area contributed by atoms with E-state index in [0.29, 0.717) is 13.0 Å². The zero-order chi connectivity index (χ0) is 15.9. The standard InChI is InChI=1S/C14H29N3O3/c1-7-10(3)12(13(18)19)15-14(20)17(8-2)11(4)9-16(5)6/h10-12H,7-9H2,1-6H3,(H,15,20)(H,18,19). The minimum Gasteiger partial charge on any atom is -0.480 e. The van der Waals surface area contributed by atoms with Gasteiger partial charge in [-0.3, -0.25) is 0 Å². The predicted octanol–water partition coefficient (Wildman–Crippen LogP) is 1.47. The molecule has 0 aliphatic carbocycles. The molecular formula is C14H29N3O3. The predicted molar refractivity (Wildman–Crippen MR) is 79.8 cm³/mol. The Morgan fingerprint density at radius 1 is 1.20 bits per heavy atom. The number of carboxylic acid groups (broad SMARTS) is 1. The van der Waals surface area contributed by atoms with Gasteiger partial charge in [0.1, 0.15) is 6.04 Å². The highest BCUT2D eigenvalue weighted by molar-refractivity contribution is 5.83. The molecule has 0 saturated heterocycles. The number of nitrogens with one attached hydrogen (secondary N) is 1. The van der Waals surface area contributed by atoms with Crippen LogP contribution in [0.15, 0.2) is 0 Å². The van der Waals surface area contributed by atoms with Crippen molar-refractivity contribution in [1.82, 2.24) is 15.1 Å². The molecule has 118 valence electrons. The summed E-state index contributed by atoms with van der Waals surface area (Å²) in [6, 6.07) is -1.12. The highest BCUT2D eigenvalue weighted by Gasteiger charge is 2.28. The van der Waals surface area contributed by atoms with E-state index in [1.165, 1.54) is 0 Å². The maximum absolute atomic E-state index is 12.3. The summed E-state index contributed by atoms with van der Waals surface area (Å²) in [5.74, 6) is -1.08. The normalized spacial score (nSPS) is 15.6. The van der Waals surface area contributed by atoms with E-state index in [-0.39, 0.29) is 18.0 Å². The smallest absolute Gasteiger partial charge is 0.326 e. The van der Waals surface area contributed by atoms with E-state index in [9.17, 15) is 14.7 Å². The second kappa shape index (κ2) is 8.79. The Kier molecular flexibility index (Phi) is 8.22. The minimum atomic E-state index is -0.982. The maximum Gasteiger partial charge on any atom is 0.326 e. The van der Waals surface area contributed by atoms with Crippen LogP contribution in [0.5, 0.6) is 0 Å². The lowest BCUT2D eigenvalue weighted by molar-refractivity contribution is -0.140. The molecule has 3 unspecified atom stereocenters. The van der Waals surface area contributed by atoms with Crippen LogP contribution in [0.4, 0.5) is 4.79 Å². The number of aliphatic carboxylic acids is 1. The summed E-state index contributed by atoms with van der Waals surface area (Å²) in [4.78, 5) is 27.2. The second-order valence-corrected chi connectivity index (χ2v) is 5.55. The van der Waals surface area contributed by atoms with Crippen molar-refractivity contribution in [2.75, 3.05) is 27.2 Å². The maximum atomic E-state index is 12.3. The molecule has 6 heteroatoms.